The van der Waals surface area contributed by atoms with E-state index in [4.69, 9.17) is 5.73 Å². The molecular formula is C11H23N5. The fraction of sp³-hybridized carbons (Fsp3) is 0.818. The van der Waals surface area contributed by atoms with Crippen LogP contribution < -0.4 is 11.1 Å². The van der Waals surface area contributed by atoms with Gasteiger partial charge in [-0.25, -0.2) is 0 Å². The molecule has 1 unspecified atom stereocenters. The minimum atomic E-state index is 0.598. The molecule has 0 saturated heterocycles. The number of hydrogen-bond donors (Lipinski definition) is 2. The van der Waals surface area contributed by atoms with Crippen molar-refractivity contribution in [3.8, 4) is 0 Å². The Bertz CT molecular complexity index is 294. The fourth-order valence-corrected chi connectivity index (χ4v) is 1.32. The van der Waals surface area contributed by atoms with Crippen molar-refractivity contribution in [2.75, 3.05) is 13.1 Å². The highest BCUT2D eigenvalue weighted by Gasteiger charge is 2.06. The van der Waals surface area contributed by atoms with Gasteiger partial charge in [0.05, 0.1) is 12.2 Å². The van der Waals surface area contributed by atoms with Gasteiger partial charge in [0, 0.05) is 19.3 Å². The first-order chi connectivity index (χ1) is 7.63. The predicted octanol–water partition coefficient (Wildman–Crippen LogP) is 0.618. The van der Waals surface area contributed by atoms with Gasteiger partial charge < -0.3 is 11.1 Å². The first-order valence-corrected chi connectivity index (χ1v) is 5.93. The Morgan fingerprint density at radius 3 is 2.81 bits per heavy atom. The topological polar surface area (TPSA) is 68.8 Å². The highest BCUT2D eigenvalue weighted by atomic mass is 15.4. The monoisotopic (exact) mass is 225 g/mol. The molecule has 1 aromatic heterocycles. The minimum Gasteiger partial charge on any atom is -0.329 e. The van der Waals surface area contributed by atoms with Gasteiger partial charge in [0.2, 0.25) is 0 Å². The molecular weight excluding hydrogens is 202 g/mol. The van der Waals surface area contributed by atoms with Crippen molar-refractivity contribution in [3.05, 3.63) is 11.9 Å². The van der Waals surface area contributed by atoms with E-state index < -0.39 is 0 Å². The van der Waals surface area contributed by atoms with Gasteiger partial charge in [-0.2, -0.15) is 0 Å². The Labute approximate surface area is 97.4 Å². The zero-order chi connectivity index (χ0) is 12.0. The van der Waals surface area contributed by atoms with E-state index in [9.17, 15) is 0 Å². The van der Waals surface area contributed by atoms with E-state index in [0.29, 0.717) is 18.4 Å². The van der Waals surface area contributed by atoms with Crippen molar-refractivity contribution >= 4 is 0 Å². The van der Waals surface area contributed by atoms with Crippen molar-refractivity contribution in [3.63, 3.8) is 0 Å². The first-order valence-electron chi connectivity index (χ1n) is 5.93. The standard InChI is InChI=1S/C11H23N5/c1-9(2)10(3)6-13-7-11-8-16(5-4-12)15-14-11/h8-10,13H,4-7,12H2,1-3H3. The van der Waals surface area contributed by atoms with Gasteiger partial charge in [0.15, 0.2) is 0 Å². The highest BCUT2D eigenvalue weighted by molar-refractivity contribution is 4.91. The summed E-state index contributed by atoms with van der Waals surface area (Å²) in [5.74, 6) is 1.39. The molecule has 5 heteroatoms. The van der Waals surface area contributed by atoms with Crippen LogP contribution in [0.1, 0.15) is 26.5 Å². The SMILES string of the molecule is CC(C)C(C)CNCc1cn(CCN)nn1. The van der Waals surface area contributed by atoms with Gasteiger partial charge in [-0.3, -0.25) is 4.68 Å². The largest absolute Gasteiger partial charge is 0.329 e. The lowest BCUT2D eigenvalue weighted by molar-refractivity contribution is 0.391. The molecule has 1 heterocycles. The van der Waals surface area contributed by atoms with Crippen LogP contribution in [0.4, 0.5) is 0 Å². The van der Waals surface area contributed by atoms with Gasteiger partial charge in [0.25, 0.3) is 0 Å². The molecule has 92 valence electrons. The molecule has 0 fully saturated rings. The van der Waals surface area contributed by atoms with Crippen LogP contribution >= 0.6 is 0 Å². The number of nitrogens with two attached hydrogens (primary N) is 1. The minimum absolute atomic E-state index is 0.598. The summed E-state index contributed by atoms with van der Waals surface area (Å²) in [7, 11) is 0. The van der Waals surface area contributed by atoms with Gasteiger partial charge in [-0.15, -0.1) is 5.10 Å². The average Bonchev–Trinajstić information content (AvgIpc) is 2.66. The lowest BCUT2D eigenvalue weighted by Gasteiger charge is -2.15. The molecule has 0 saturated carbocycles. The van der Waals surface area contributed by atoms with E-state index in [1.165, 1.54) is 0 Å². The fourth-order valence-electron chi connectivity index (χ4n) is 1.32. The molecule has 0 aliphatic rings. The molecule has 3 N–H and O–H groups in total. The Morgan fingerprint density at radius 2 is 2.19 bits per heavy atom. The quantitative estimate of drug-likeness (QED) is 0.713. The van der Waals surface area contributed by atoms with Crippen molar-refractivity contribution in [2.24, 2.45) is 17.6 Å². The molecule has 0 aromatic carbocycles. The lowest BCUT2D eigenvalue weighted by Crippen LogP contribution is -2.23. The molecule has 0 spiro atoms. The van der Waals surface area contributed by atoms with Crippen molar-refractivity contribution in [1.82, 2.24) is 20.3 Å². The third kappa shape index (κ3) is 4.28. The van der Waals surface area contributed by atoms with Crippen LogP contribution in [0.25, 0.3) is 0 Å². The van der Waals surface area contributed by atoms with E-state index in [-0.39, 0.29) is 0 Å². The number of hydrogen-bond acceptors (Lipinski definition) is 4. The molecule has 1 atom stereocenters. The third-order valence-electron chi connectivity index (χ3n) is 2.85. The summed E-state index contributed by atoms with van der Waals surface area (Å²) in [5.41, 5.74) is 6.42. The van der Waals surface area contributed by atoms with Gasteiger partial charge in [-0.1, -0.05) is 26.0 Å². The summed E-state index contributed by atoms with van der Waals surface area (Å²) in [5, 5.41) is 11.4. The second-order valence-electron chi connectivity index (χ2n) is 4.61. The van der Waals surface area contributed by atoms with Crippen LogP contribution in [-0.2, 0) is 13.1 Å². The molecule has 1 rings (SSSR count). The zero-order valence-corrected chi connectivity index (χ0v) is 10.5. The van der Waals surface area contributed by atoms with E-state index in [2.05, 4.69) is 36.4 Å². The van der Waals surface area contributed by atoms with Crippen LogP contribution in [0.15, 0.2) is 6.20 Å². The van der Waals surface area contributed by atoms with Crippen LogP contribution in [0, 0.1) is 11.8 Å². The van der Waals surface area contributed by atoms with Crippen molar-refractivity contribution in [2.45, 2.75) is 33.9 Å². The third-order valence-corrected chi connectivity index (χ3v) is 2.85. The van der Waals surface area contributed by atoms with Crippen LogP contribution in [-0.4, -0.2) is 28.1 Å². The molecule has 1 aromatic rings. The molecule has 0 amide bonds. The van der Waals surface area contributed by atoms with Crippen LogP contribution in [0.5, 0.6) is 0 Å². The summed E-state index contributed by atoms with van der Waals surface area (Å²) in [4.78, 5) is 0. The van der Waals surface area contributed by atoms with Crippen molar-refractivity contribution < 1.29 is 0 Å². The lowest BCUT2D eigenvalue weighted by atomic mass is 9.98. The van der Waals surface area contributed by atoms with Gasteiger partial charge >= 0.3 is 0 Å². The number of aromatic nitrogens is 3. The summed E-state index contributed by atoms with van der Waals surface area (Å²) in [6.07, 6.45) is 1.94. The Balaban J connectivity index is 2.26. The Kier molecular flexibility index (Phi) is 5.42. The molecule has 0 radical (unpaired) electrons. The van der Waals surface area contributed by atoms with Gasteiger partial charge in [-0.05, 0) is 18.4 Å². The molecule has 5 nitrogen and oxygen atoms in total. The summed E-state index contributed by atoms with van der Waals surface area (Å²) in [6.45, 7) is 9.86. The maximum Gasteiger partial charge on any atom is 0.0964 e. The molecule has 16 heavy (non-hydrogen) atoms. The first kappa shape index (κ1) is 13.1. The maximum atomic E-state index is 5.44. The molecule has 0 aliphatic carbocycles. The summed E-state index contributed by atoms with van der Waals surface area (Å²) in [6, 6.07) is 0. The van der Waals surface area contributed by atoms with Crippen LogP contribution in [0.2, 0.25) is 0 Å². The van der Waals surface area contributed by atoms with E-state index >= 15 is 0 Å². The molecule has 0 aliphatic heterocycles. The smallest absolute Gasteiger partial charge is 0.0964 e. The zero-order valence-electron chi connectivity index (χ0n) is 10.5. The summed E-state index contributed by atoms with van der Waals surface area (Å²) < 4.78 is 1.78. The van der Waals surface area contributed by atoms with Crippen molar-refractivity contribution in [1.29, 1.82) is 0 Å². The van der Waals surface area contributed by atoms with Crippen LogP contribution in [0.3, 0.4) is 0 Å². The van der Waals surface area contributed by atoms with E-state index in [0.717, 1.165) is 25.3 Å². The maximum absolute atomic E-state index is 5.44. The number of rotatable bonds is 7. The van der Waals surface area contributed by atoms with Gasteiger partial charge in [0.1, 0.15) is 0 Å². The Morgan fingerprint density at radius 1 is 1.44 bits per heavy atom. The number of nitrogens with one attached hydrogen (secondary N) is 1. The number of nitrogens with zero attached hydrogens (tertiary/aromatic N) is 3. The second-order valence-corrected chi connectivity index (χ2v) is 4.61. The molecule has 0 bridgehead atoms. The highest BCUT2D eigenvalue weighted by Crippen LogP contribution is 2.07. The van der Waals surface area contributed by atoms with E-state index in [1.54, 1.807) is 4.68 Å². The Hall–Kier alpha value is -0.940. The predicted molar refractivity (Wildman–Crippen MR) is 64.8 cm³/mol. The van der Waals surface area contributed by atoms with E-state index in [1.807, 2.05) is 6.20 Å². The summed E-state index contributed by atoms with van der Waals surface area (Å²) >= 11 is 0. The second kappa shape index (κ2) is 6.60. The normalized spacial score (nSPS) is 13.3. The average molecular weight is 225 g/mol.